The van der Waals surface area contributed by atoms with Gasteiger partial charge in [-0.2, -0.15) is 0 Å². The maximum absolute atomic E-state index is 4.86. The van der Waals surface area contributed by atoms with Crippen molar-refractivity contribution in [3.05, 3.63) is 23.9 Å². The van der Waals surface area contributed by atoms with Crippen LogP contribution in [0.2, 0.25) is 0 Å². The number of aromatic nitrogens is 1. The van der Waals surface area contributed by atoms with Gasteiger partial charge in [0.2, 0.25) is 5.88 Å². The van der Waals surface area contributed by atoms with Gasteiger partial charge in [-0.3, -0.25) is 0 Å². The van der Waals surface area contributed by atoms with Crippen LogP contribution < -0.4 is 4.74 Å². The van der Waals surface area contributed by atoms with Gasteiger partial charge in [0.25, 0.3) is 0 Å². The number of rotatable bonds is 1. The predicted octanol–water partition coefficient (Wildman–Crippen LogP) is 1.40. The van der Waals surface area contributed by atoms with E-state index in [-0.39, 0.29) is 0 Å². The normalized spacial score (nSPS) is 9.11. The molecule has 0 amide bonds. The Bertz CT molecular complexity index is 181. The molecule has 48 valence electrons. The molecule has 0 radical (unpaired) electrons. The highest BCUT2D eigenvalue weighted by Gasteiger charge is 1.87. The molecular formula is C7H9NO. The lowest BCUT2D eigenvalue weighted by atomic mass is 10.3. The molecular weight excluding hydrogens is 114 g/mol. The molecule has 2 nitrogen and oxygen atoms in total. The average Bonchev–Trinajstić information content (AvgIpc) is 1.90. The maximum atomic E-state index is 4.86. The van der Waals surface area contributed by atoms with Crippen molar-refractivity contribution in [3.63, 3.8) is 0 Å². The molecule has 1 heterocycles. The number of hydrogen-bond donors (Lipinski definition) is 0. The van der Waals surface area contributed by atoms with Gasteiger partial charge in [-0.1, -0.05) is 6.07 Å². The second-order valence-electron chi connectivity index (χ2n) is 1.88. The second kappa shape index (κ2) is 2.49. The summed E-state index contributed by atoms with van der Waals surface area (Å²) in [7, 11) is 1.61. The first kappa shape index (κ1) is 6.08. The Morgan fingerprint density at radius 2 is 2.22 bits per heavy atom. The Labute approximate surface area is 54.5 Å². The zero-order chi connectivity index (χ0) is 6.69. The first-order chi connectivity index (χ1) is 4.33. The van der Waals surface area contributed by atoms with E-state index in [2.05, 4.69) is 4.98 Å². The molecule has 0 spiro atoms. The fourth-order valence-corrected chi connectivity index (χ4v) is 0.575. The summed E-state index contributed by atoms with van der Waals surface area (Å²) < 4.78 is 4.86. The smallest absolute Gasteiger partial charge is 0.212 e. The Balaban J connectivity index is 2.88. The molecule has 0 N–H and O–H groups in total. The molecule has 0 aliphatic rings. The molecule has 0 aromatic carbocycles. The highest BCUT2D eigenvalue weighted by molar-refractivity contribution is 5.15. The minimum absolute atomic E-state index is 0.667. The van der Waals surface area contributed by atoms with E-state index in [4.69, 9.17) is 4.74 Å². The van der Waals surface area contributed by atoms with Crippen molar-refractivity contribution in [1.82, 2.24) is 4.98 Å². The summed E-state index contributed by atoms with van der Waals surface area (Å²) in [6.45, 7) is 1.99. The quantitative estimate of drug-likeness (QED) is 0.563. The largest absolute Gasteiger partial charge is 0.481 e. The fraction of sp³-hybridized carbons (Fsp3) is 0.286. The number of pyridine rings is 1. The summed E-state index contributed by atoms with van der Waals surface area (Å²) in [5.74, 6) is 0.667. The third-order valence-electron chi connectivity index (χ3n) is 1.09. The number of hydrogen-bond acceptors (Lipinski definition) is 2. The Morgan fingerprint density at radius 3 is 2.67 bits per heavy atom. The third-order valence-corrected chi connectivity index (χ3v) is 1.09. The van der Waals surface area contributed by atoms with Crippen LogP contribution in [0.15, 0.2) is 18.3 Å². The summed E-state index contributed by atoms with van der Waals surface area (Å²) in [5.41, 5.74) is 1.15. The summed E-state index contributed by atoms with van der Waals surface area (Å²) in [6, 6.07) is 3.81. The van der Waals surface area contributed by atoms with Crippen molar-refractivity contribution in [1.29, 1.82) is 0 Å². The molecule has 0 aliphatic carbocycles. The van der Waals surface area contributed by atoms with Crippen LogP contribution in [0, 0.1) is 6.92 Å². The molecule has 9 heavy (non-hydrogen) atoms. The number of ether oxygens (including phenoxy) is 1. The summed E-state index contributed by atoms with van der Waals surface area (Å²) in [5, 5.41) is 0. The van der Waals surface area contributed by atoms with E-state index in [9.17, 15) is 0 Å². The van der Waals surface area contributed by atoms with Crippen molar-refractivity contribution in [3.8, 4) is 5.88 Å². The zero-order valence-corrected chi connectivity index (χ0v) is 5.59. The van der Waals surface area contributed by atoms with Gasteiger partial charge in [-0.15, -0.1) is 0 Å². The van der Waals surface area contributed by atoms with Crippen molar-refractivity contribution < 1.29 is 4.74 Å². The molecule has 0 saturated carbocycles. The van der Waals surface area contributed by atoms with E-state index >= 15 is 0 Å². The predicted molar refractivity (Wildman–Crippen MR) is 35.5 cm³/mol. The number of methoxy groups -OCH3 is 1. The first-order valence-electron chi connectivity index (χ1n) is 2.79. The topological polar surface area (TPSA) is 22.1 Å². The summed E-state index contributed by atoms with van der Waals surface area (Å²) in [6.07, 6.45) is 1.78. The van der Waals surface area contributed by atoms with Crippen LogP contribution in [0.1, 0.15) is 5.56 Å². The van der Waals surface area contributed by atoms with Crippen LogP contribution in [0.3, 0.4) is 0 Å². The Kier molecular flexibility index (Phi) is 1.68. The Hall–Kier alpha value is -1.05. The molecule has 0 fully saturated rings. The standard InChI is InChI=1S/C7H9NO/c1-6-3-4-7(9-2)8-5-6/h3-5H,1-2H3. The average molecular weight is 123 g/mol. The molecule has 0 unspecified atom stereocenters. The molecule has 0 atom stereocenters. The van der Waals surface area contributed by atoms with E-state index < -0.39 is 0 Å². The van der Waals surface area contributed by atoms with Crippen LogP contribution in [0.4, 0.5) is 0 Å². The molecule has 1 aromatic rings. The van der Waals surface area contributed by atoms with Gasteiger partial charge in [0.05, 0.1) is 7.11 Å². The lowest BCUT2D eigenvalue weighted by Gasteiger charge is -1.95. The molecule has 1 aromatic heterocycles. The van der Waals surface area contributed by atoms with Gasteiger partial charge >= 0.3 is 0 Å². The number of aryl methyl sites for hydroxylation is 1. The lowest BCUT2D eigenvalue weighted by molar-refractivity contribution is 0.397. The van der Waals surface area contributed by atoms with E-state index in [0.717, 1.165) is 5.56 Å². The highest BCUT2D eigenvalue weighted by atomic mass is 16.5. The first-order valence-corrected chi connectivity index (χ1v) is 2.79. The van der Waals surface area contributed by atoms with Crippen molar-refractivity contribution in [2.24, 2.45) is 0 Å². The van der Waals surface area contributed by atoms with Gasteiger partial charge < -0.3 is 4.74 Å². The Morgan fingerprint density at radius 1 is 1.44 bits per heavy atom. The van der Waals surface area contributed by atoms with E-state index in [1.807, 2.05) is 19.1 Å². The van der Waals surface area contributed by atoms with Crippen molar-refractivity contribution >= 4 is 0 Å². The van der Waals surface area contributed by atoms with Crippen LogP contribution in [-0.2, 0) is 0 Å². The molecule has 0 aliphatic heterocycles. The zero-order valence-electron chi connectivity index (χ0n) is 5.59. The van der Waals surface area contributed by atoms with E-state index in [1.54, 1.807) is 13.3 Å². The molecule has 0 saturated heterocycles. The monoisotopic (exact) mass is 123 g/mol. The van der Waals surface area contributed by atoms with Crippen LogP contribution >= 0.6 is 0 Å². The van der Waals surface area contributed by atoms with Gasteiger partial charge in [0, 0.05) is 12.3 Å². The minimum atomic E-state index is 0.667. The van der Waals surface area contributed by atoms with Gasteiger partial charge in [0.1, 0.15) is 0 Å². The third kappa shape index (κ3) is 1.42. The van der Waals surface area contributed by atoms with Gasteiger partial charge in [0.15, 0.2) is 0 Å². The van der Waals surface area contributed by atoms with Crippen LogP contribution in [0.25, 0.3) is 0 Å². The van der Waals surface area contributed by atoms with Crippen LogP contribution in [0.5, 0.6) is 5.88 Å². The number of nitrogens with zero attached hydrogens (tertiary/aromatic N) is 1. The van der Waals surface area contributed by atoms with Crippen molar-refractivity contribution in [2.45, 2.75) is 6.92 Å². The summed E-state index contributed by atoms with van der Waals surface area (Å²) in [4.78, 5) is 3.97. The second-order valence-corrected chi connectivity index (χ2v) is 1.88. The molecule has 0 bridgehead atoms. The lowest BCUT2D eigenvalue weighted by Crippen LogP contribution is -1.85. The van der Waals surface area contributed by atoms with Gasteiger partial charge in [-0.05, 0) is 12.5 Å². The minimum Gasteiger partial charge on any atom is -0.481 e. The van der Waals surface area contributed by atoms with E-state index in [1.165, 1.54) is 0 Å². The fourth-order valence-electron chi connectivity index (χ4n) is 0.575. The van der Waals surface area contributed by atoms with Crippen molar-refractivity contribution in [2.75, 3.05) is 7.11 Å². The highest BCUT2D eigenvalue weighted by Crippen LogP contribution is 2.04. The van der Waals surface area contributed by atoms with E-state index in [0.29, 0.717) is 5.88 Å². The molecule has 1 rings (SSSR count). The van der Waals surface area contributed by atoms with Gasteiger partial charge in [-0.25, -0.2) is 4.98 Å². The maximum Gasteiger partial charge on any atom is 0.212 e. The molecule has 2 heteroatoms. The van der Waals surface area contributed by atoms with Crippen LogP contribution in [-0.4, -0.2) is 12.1 Å². The summed E-state index contributed by atoms with van der Waals surface area (Å²) >= 11 is 0. The SMILES string of the molecule is COc1ccc(C)cn1.